The van der Waals surface area contributed by atoms with Crippen LogP contribution in [0.25, 0.3) is 0 Å². The first-order chi connectivity index (χ1) is 12.6. The fourth-order valence-corrected chi connectivity index (χ4v) is 3.29. The van der Waals surface area contributed by atoms with Gasteiger partial charge in [0.05, 0.1) is 0 Å². The molecular formula is C21H34N2O4. The summed E-state index contributed by atoms with van der Waals surface area (Å²) >= 11 is 0. The maximum atomic E-state index is 12.9. The van der Waals surface area contributed by atoms with Crippen LogP contribution in [0.15, 0.2) is 23.6 Å². The van der Waals surface area contributed by atoms with E-state index in [2.05, 4.69) is 25.2 Å². The zero-order valence-corrected chi connectivity index (χ0v) is 17.5. The second-order valence-electron chi connectivity index (χ2n) is 8.48. The van der Waals surface area contributed by atoms with E-state index in [1.54, 1.807) is 4.90 Å². The number of nitrogens with zero attached hydrogens (tertiary/aromatic N) is 1. The van der Waals surface area contributed by atoms with E-state index in [-0.39, 0.29) is 12.0 Å². The molecular weight excluding hydrogens is 344 g/mol. The molecule has 3 unspecified atom stereocenters. The number of amides is 2. The van der Waals surface area contributed by atoms with E-state index in [1.807, 2.05) is 33.8 Å². The Morgan fingerprint density at radius 3 is 2.70 bits per heavy atom. The normalized spacial score (nSPS) is 24.3. The summed E-state index contributed by atoms with van der Waals surface area (Å²) in [5, 5.41) is 2.89. The fourth-order valence-electron chi connectivity index (χ4n) is 3.29. The van der Waals surface area contributed by atoms with E-state index < -0.39 is 17.7 Å². The van der Waals surface area contributed by atoms with E-state index in [1.165, 1.54) is 5.57 Å². The second-order valence-corrected chi connectivity index (χ2v) is 8.48. The van der Waals surface area contributed by atoms with Crippen LogP contribution in [0, 0.1) is 5.92 Å². The Balaban J connectivity index is 2.09. The van der Waals surface area contributed by atoms with Gasteiger partial charge >= 0.3 is 6.09 Å². The zero-order valence-electron chi connectivity index (χ0n) is 17.5. The highest BCUT2D eigenvalue weighted by Gasteiger charge is 2.35. The fraction of sp³-hybridized carbons (Fsp3) is 0.714. The van der Waals surface area contributed by atoms with Crippen molar-refractivity contribution in [3.8, 4) is 0 Å². The third kappa shape index (κ3) is 6.01. The molecule has 0 saturated carbocycles. The highest BCUT2D eigenvalue weighted by atomic mass is 16.6. The van der Waals surface area contributed by atoms with Crippen molar-refractivity contribution >= 4 is 12.0 Å². The average Bonchev–Trinajstić information content (AvgIpc) is 2.59. The molecule has 2 rings (SSSR count). The number of likely N-dealkylation sites (tertiary alicyclic amines) is 1. The number of rotatable bonds is 4. The second kappa shape index (κ2) is 8.81. The number of ether oxygens (including phenoxy) is 2. The van der Waals surface area contributed by atoms with Gasteiger partial charge in [0.1, 0.15) is 17.7 Å². The van der Waals surface area contributed by atoms with Crippen molar-refractivity contribution in [1.82, 2.24) is 10.2 Å². The van der Waals surface area contributed by atoms with Gasteiger partial charge in [-0.15, -0.1) is 0 Å². The van der Waals surface area contributed by atoms with Crippen molar-refractivity contribution in [1.29, 1.82) is 0 Å². The highest BCUT2D eigenvalue weighted by molar-refractivity contribution is 5.87. The van der Waals surface area contributed by atoms with Crippen molar-refractivity contribution in [3.05, 3.63) is 23.6 Å². The van der Waals surface area contributed by atoms with Gasteiger partial charge in [-0.25, -0.2) is 4.79 Å². The van der Waals surface area contributed by atoms with E-state index in [0.717, 1.165) is 19.3 Å². The molecule has 1 fully saturated rings. The van der Waals surface area contributed by atoms with E-state index in [4.69, 9.17) is 9.47 Å². The first kappa shape index (κ1) is 21.3. The molecule has 152 valence electrons. The van der Waals surface area contributed by atoms with Crippen LogP contribution in [-0.2, 0) is 14.3 Å². The van der Waals surface area contributed by atoms with Crippen LogP contribution in [0.2, 0.25) is 0 Å². The molecule has 0 spiro atoms. The summed E-state index contributed by atoms with van der Waals surface area (Å²) in [5.74, 6) is 0.639. The highest BCUT2D eigenvalue weighted by Crippen LogP contribution is 2.25. The lowest BCUT2D eigenvalue weighted by molar-refractivity contribution is -0.128. The number of carbonyl (C=O) groups excluding carboxylic acids is 2. The molecule has 0 radical (unpaired) electrons. The van der Waals surface area contributed by atoms with Gasteiger partial charge in [-0.1, -0.05) is 13.8 Å². The van der Waals surface area contributed by atoms with Crippen LogP contribution in [-0.4, -0.2) is 41.2 Å². The van der Waals surface area contributed by atoms with Crippen LogP contribution in [0.3, 0.4) is 0 Å². The van der Waals surface area contributed by atoms with E-state index in [9.17, 15) is 9.59 Å². The van der Waals surface area contributed by atoms with Gasteiger partial charge in [0.15, 0.2) is 5.88 Å². The van der Waals surface area contributed by atoms with Gasteiger partial charge in [-0.2, -0.15) is 0 Å². The molecule has 0 bridgehead atoms. The summed E-state index contributed by atoms with van der Waals surface area (Å²) in [4.78, 5) is 27.0. The summed E-state index contributed by atoms with van der Waals surface area (Å²) < 4.78 is 11.2. The molecule has 1 saturated heterocycles. The molecule has 2 aliphatic rings. The van der Waals surface area contributed by atoms with Gasteiger partial charge in [0.2, 0.25) is 5.91 Å². The average molecular weight is 379 g/mol. The minimum absolute atomic E-state index is 0.0948. The molecule has 0 aromatic rings. The minimum Gasteiger partial charge on any atom is -0.472 e. The molecule has 1 N–H and O–H groups in total. The predicted octanol–water partition coefficient (Wildman–Crippen LogP) is 4.12. The third-order valence-corrected chi connectivity index (χ3v) is 4.90. The summed E-state index contributed by atoms with van der Waals surface area (Å²) in [5.41, 5.74) is 0.579. The first-order valence-corrected chi connectivity index (χ1v) is 10.0. The van der Waals surface area contributed by atoms with Crippen LogP contribution >= 0.6 is 0 Å². The Kier molecular flexibility index (Phi) is 6.95. The summed E-state index contributed by atoms with van der Waals surface area (Å²) in [6.45, 7) is 12.3. The lowest BCUT2D eigenvalue weighted by atomic mass is 9.95. The van der Waals surface area contributed by atoms with Gasteiger partial charge in [-0.3, -0.25) is 15.0 Å². The molecule has 6 nitrogen and oxygen atoms in total. The molecule has 0 aromatic carbocycles. The quantitative estimate of drug-likeness (QED) is 0.799. The number of allylic oxidation sites excluding steroid dienone is 2. The molecule has 2 aliphatic heterocycles. The molecule has 27 heavy (non-hydrogen) atoms. The van der Waals surface area contributed by atoms with Crippen LogP contribution in [0.1, 0.15) is 67.2 Å². The SMILES string of the molecule is CCC(C)C1=CC(C)OC(NC(=O)C2CCCCN2C(=O)OC(C)(C)C)=C1. The predicted molar refractivity (Wildman–Crippen MR) is 105 cm³/mol. The first-order valence-electron chi connectivity index (χ1n) is 10.0. The number of nitrogens with one attached hydrogen (secondary N) is 1. The number of piperidine rings is 1. The van der Waals surface area contributed by atoms with E-state index in [0.29, 0.717) is 24.8 Å². The standard InChI is InChI=1S/C21H34N2O4/c1-7-14(2)16-12-15(3)26-18(13-16)22-19(24)17-10-8-9-11-23(17)20(25)27-21(4,5)6/h12-15,17H,7-11H2,1-6H3,(H,22,24). The van der Waals surface area contributed by atoms with Gasteiger partial charge in [-0.05, 0) is 70.9 Å². The minimum atomic E-state index is -0.587. The smallest absolute Gasteiger partial charge is 0.410 e. The maximum Gasteiger partial charge on any atom is 0.410 e. The van der Waals surface area contributed by atoms with Crippen LogP contribution < -0.4 is 5.32 Å². The lowest BCUT2D eigenvalue weighted by Gasteiger charge is -2.36. The van der Waals surface area contributed by atoms with Crippen LogP contribution in [0.5, 0.6) is 0 Å². The monoisotopic (exact) mass is 378 g/mol. The van der Waals surface area contributed by atoms with Crippen molar-refractivity contribution in [2.45, 2.75) is 85.0 Å². The summed E-state index contributed by atoms with van der Waals surface area (Å²) in [6.07, 6.45) is 6.88. The lowest BCUT2D eigenvalue weighted by Crippen LogP contribution is -2.53. The molecule has 0 aromatic heterocycles. The van der Waals surface area contributed by atoms with Crippen LogP contribution in [0.4, 0.5) is 4.79 Å². The van der Waals surface area contributed by atoms with Crippen molar-refractivity contribution in [2.75, 3.05) is 6.54 Å². The Morgan fingerprint density at radius 1 is 1.37 bits per heavy atom. The molecule has 2 heterocycles. The Hall–Kier alpha value is -1.98. The zero-order chi connectivity index (χ0) is 20.2. The largest absolute Gasteiger partial charge is 0.472 e. The third-order valence-electron chi connectivity index (χ3n) is 4.90. The number of hydrogen-bond acceptors (Lipinski definition) is 4. The number of carbonyl (C=O) groups is 2. The Labute approximate surface area is 163 Å². The van der Waals surface area contributed by atoms with Gasteiger partial charge < -0.3 is 9.47 Å². The van der Waals surface area contributed by atoms with E-state index >= 15 is 0 Å². The maximum absolute atomic E-state index is 12.9. The van der Waals surface area contributed by atoms with Crippen molar-refractivity contribution in [2.24, 2.45) is 5.92 Å². The Bertz CT molecular complexity index is 618. The topological polar surface area (TPSA) is 67.9 Å². The molecule has 6 heteroatoms. The Morgan fingerprint density at radius 2 is 2.07 bits per heavy atom. The molecule has 0 aliphatic carbocycles. The van der Waals surface area contributed by atoms with Gasteiger partial charge in [0, 0.05) is 12.6 Å². The van der Waals surface area contributed by atoms with Gasteiger partial charge in [0.25, 0.3) is 0 Å². The number of hydrogen-bond donors (Lipinski definition) is 1. The summed E-state index contributed by atoms with van der Waals surface area (Å²) in [6, 6.07) is -0.536. The molecule has 2 amide bonds. The van der Waals surface area contributed by atoms with Crippen molar-refractivity contribution < 1.29 is 19.1 Å². The van der Waals surface area contributed by atoms with Crippen molar-refractivity contribution in [3.63, 3.8) is 0 Å². The molecule has 3 atom stereocenters. The summed E-state index contributed by atoms with van der Waals surface area (Å²) in [7, 11) is 0.